The van der Waals surface area contributed by atoms with Gasteiger partial charge in [-0.15, -0.1) is 0 Å². The van der Waals surface area contributed by atoms with Gasteiger partial charge in [0.25, 0.3) is 15.2 Å². The Morgan fingerprint density at radius 2 is 1.67 bits per heavy atom. The van der Waals surface area contributed by atoms with Crippen LogP contribution in [-0.4, -0.2) is 78.3 Å². The first-order valence-electron chi connectivity index (χ1n) is 12.8. The molecule has 1 saturated heterocycles. The number of oxazole rings is 1. The van der Waals surface area contributed by atoms with Gasteiger partial charge in [-0.2, -0.15) is 4.31 Å². The third-order valence-corrected chi connectivity index (χ3v) is 10.5. The Morgan fingerprint density at radius 1 is 0.953 bits per heavy atom. The van der Waals surface area contributed by atoms with Crippen molar-refractivity contribution in [1.29, 1.82) is 0 Å². The summed E-state index contributed by atoms with van der Waals surface area (Å²) in [7, 11) is -4.74. The quantitative estimate of drug-likeness (QED) is 0.229. The SMILES string of the molecule is COc1ccc(NS(=O)(=O)c2ccc3oc(SCC(=O)Nc4ccc(S(=O)(=O)N5CCOCC5)cc4OC)nc3c2)cc1. The van der Waals surface area contributed by atoms with E-state index in [-0.39, 0.29) is 39.6 Å². The number of sulfonamides is 2. The molecule has 13 nitrogen and oxygen atoms in total. The zero-order valence-corrected chi connectivity index (χ0v) is 25.6. The molecule has 1 aliphatic rings. The lowest BCUT2D eigenvalue weighted by Crippen LogP contribution is -2.40. The maximum atomic E-state index is 13.0. The van der Waals surface area contributed by atoms with Gasteiger partial charge in [-0.25, -0.2) is 21.8 Å². The fourth-order valence-corrected chi connectivity index (χ4v) is 7.31. The first kappa shape index (κ1) is 30.6. The summed E-state index contributed by atoms with van der Waals surface area (Å²) < 4.78 is 76.9. The van der Waals surface area contributed by atoms with Crippen molar-refractivity contribution in [3.8, 4) is 11.5 Å². The number of carbonyl (C=O) groups excluding carboxylic acids is 1. The standard InChI is InChI=1S/C27H28N4O9S3/c1-37-19-5-3-18(4-6-19)30-42(33,34)20-8-10-24-23(15-20)29-27(40-24)41-17-26(32)28-22-9-7-21(16-25(22)38-2)43(35,36)31-11-13-39-14-12-31/h3-10,15-16,30H,11-14,17H2,1-2H3,(H,28,32). The average molecular weight is 649 g/mol. The van der Waals surface area contributed by atoms with Crippen molar-refractivity contribution in [3.05, 3.63) is 60.7 Å². The number of rotatable bonds is 11. The Hall–Kier alpha value is -3.83. The number of methoxy groups -OCH3 is 2. The van der Waals surface area contributed by atoms with E-state index in [2.05, 4.69) is 15.0 Å². The first-order chi connectivity index (χ1) is 20.6. The van der Waals surface area contributed by atoms with Crippen molar-refractivity contribution in [2.24, 2.45) is 0 Å². The van der Waals surface area contributed by atoms with Gasteiger partial charge in [0.15, 0.2) is 5.58 Å². The predicted octanol–water partition coefficient (Wildman–Crippen LogP) is 3.40. The minimum Gasteiger partial charge on any atom is -0.497 e. The van der Waals surface area contributed by atoms with Crippen molar-refractivity contribution >= 4 is 60.2 Å². The van der Waals surface area contributed by atoms with E-state index in [0.717, 1.165) is 11.8 Å². The van der Waals surface area contributed by atoms with E-state index < -0.39 is 26.0 Å². The summed E-state index contributed by atoms with van der Waals surface area (Å²) in [5.74, 6) is 0.277. The van der Waals surface area contributed by atoms with E-state index >= 15 is 0 Å². The van der Waals surface area contributed by atoms with Gasteiger partial charge in [0.1, 0.15) is 17.0 Å². The molecule has 0 saturated carbocycles. The molecule has 1 aromatic heterocycles. The van der Waals surface area contributed by atoms with Crippen LogP contribution in [-0.2, 0) is 29.6 Å². The molecule has 5 rings (SSSR count). The molecule has 43 heavy (non-hydrogen) atoms. The summed E-state index contributed by atoms with van der Waals surface area (Å²) in [4.78, 5) is 17.1. The first-order valence-corrected chi connectivity index (χ1v) is 16.8. The molecular formula is C27H28N4O9S3. The lowest BCUT2D eigenvalue weighted by Gasteiger charge is -2.26. The summed E-state index contributed by atoms with van der Waals surface area (Å²) in [6.45, 7) is 1.16. The minimum absolute atomic E-state index is 0.00964. The van der Waals surface area contributed by atoms with E-state index in [4.69, 9.17) is 18.6 Å². The number of thioether (sulfide) groups is 1. The monoisotopic (exact) mass is 648 g/mol. The van der Waals surface area contributed by atoms with Crippen LogP contribution in [0.25, 0.3) is 11.1 Å². The average Bonchev–Trinajstić information content (AvgIpc) is 3.43. The summed E-state index contributed by atoms with van der Waals surface area (Å²) in [5.41, 5.74) is 1.32. The molecule has 0 atom stereocenters. The molecule has 0 aliphatic carbocycles. The molecule has 3 aromatic carbocycles. The molecule has 0 radical (unpaired) electrons. The Labute approximate surface area is 252 Å². The molecule has 0 unspecified atom stereocenters. The zero-order valence-electron chi connectivity index (χ0n) is 23.1. The molecule has 16 heteroatoms. The zero-order chi connectivity index (χ0) is 30.6. The van der Waals surface area contributed by atoms with Crippen LogP contribution in [0, 0.1) is 0 Å². The molecule has 1 aliphatic heterocycles. The van der Waals surface area contributed by atoms with Gasteiger partial charge in [-0.05, 0) is 54.6 Å². The van der Waals surface area contributed by atoms with Crippen LogP contribution in [0.3, 0.4) is 0 Å². The number of carbonyl (C=O) groups is 1. The number of nitrogens with zero attached hydrogens (tertiary/aromatic N) is 2. The lowest BCUT2D eigenvalue weighted by molar-refractivity contribution is -0.113. The second-order valence-electron chi connectivity index (χ2n) is 9.16. The molecule has 2 heterocycles. The number of morpholine rings is 1. The fourth-order valence-electron chi connectivity index (χ4n) is 4.17. The number of anilines is 2. The number of hydrogen-bond acceptors (Lipinski definition) is 11. The third kappa shape index (κ3) is 7.05. The summed E-state index contributed by atoms with van der Waals surface area (Å²) in [6, 6.07) is 15.0. The van der Waals surface area contributed by atoms with Crippen molar-refractivity contribution in [3.63, 3.8) is 0 Å². The van der Waals surface area contributed by atoms with Gasteiger partial charge < -0.3 is 23.9 Å². The highest BCUT2D eigenvalue weighted by atomic mass is 32.2. The number of fused-ring (bicyclic) bond motifs is 1. The maximum Gasteiger partial charge on any atom is 0.261 e. The maximum absolute atomic E-state index is 13.0. The number of aromatic nitrogens is 1. The Kier molecular flexibility index (Phi) is 9.12. The lowest BCUT2D eigenvalue weighted by atomic mass is 10.3. The normalized spacial score (nSPS) is 14.4. The molecule has 228 valence electrons. The minimum atomic E-state index is -3.90. The van der Waals surface area contributed by atoms with Crippen LogP contribution in [0.4, 0.5) is 11.4 Å². The molecule has 2 N–H and O–H groups in total. The summed E-state index contributed by atoms with van der Waals surface area (Å²) in [6.07, 6.45) is 0. The number of ether oxygens (including phenoxy) is 3. The Bertz CT molecular complexity index is 1840. The van der Waals surface area contributed by atoms with Crippen molar-refractivity contribution in [2.75, 3.05) is 56.3 Å². The van der Waals surface area contributed by atoms with Gasteiger partial charge >= 0.3 is 0 Å². The van der Waals surface area contributed by atoms with E-state index in [1.807, 2.05) is 0 Å². The van der Waals surface area contributed by atoms with E-state index in [9.17, 15) is 21.6 Å². The predicted molar refractivity (Wildman–Crippen MR) is 160 cm³/mol. The third-order valence-electron chi connectivity index (χ3n) is 6.37. The van der Waals surface area contributed by atoms with E-state index in [0.29, 0.717) is 41.4 Å². The van der Waals surface area contributed by atoms with Crippen LogP contribution in [0.2, 0.25) is 0 Å². The summed E-state index contributed by atoms with van der Waals surface area (Å²) in [5, 5.41) is 2.87. The van der Waals surface area contributed by atoms with Crippen LogP contribution in [0.1, 0.15) is 0 Å². The summed E-state index contributed by atoms with van der Waals surface area (Å²) >= 11 is 1.01. The van der Waals surface area contributed by atoms with Gasteiger partial charge in [-0.1, -0.05) is 11.8 Å². The Morgan fingerprint density at radius 3 is 2.37 bits per heavy atom. The van der Waals surface area contributed by atoms with Crippen LogP contribution in [0.15, 0.2) is 80.1 Å². The van der Waals surface area contributed by atoms with Crippen molar-refractivity contribution in [1.82, 2.24) is 9.29 Å². The highest BCUT2D eigenvalue weighted by Gasteiger charge is 2.27. The molecule has 1 fully saturated rings. The smallest absolute Gasteiger partial charge is 0.261 e. The second kappa shape index (κ2) is 12.8. The topological polar surface area (TPSA) is 166 Å². The molecule has 1 amide bonds. The fraction of sp³-hybridized carbons (Fsp3) is 0.259. The van der Waals surface area contributed by atoms with Gasteiger partial charge in [0.05, 0.1) is 48.7 Å². The highest BCUT2D eigenvalue weighted by Crippen LogP contribution is 2.31. The van der Waals surface area contributed by atoms with E-state index in [1.165, 1.54) is 54.9 Å². The number of nitrogens with one attached hydrogen (secondary N) is 2. The van der Waals surface area contributed by atoms with Gasteiger partial charge in [0, 0.05) is 24.8 Å². The van der Waals surface area contributed by atoms with Crippen LogP contribution < -0.4 is 19.5 Å². The largest absolute Gasteiger partial charge is 0.497 e. The van der Waals surface area contributed by atoms with Gasteiger partial charge in [0.2, 0.25) is 15.9 Å². The second-order valence-corrected chi connectivity index (χ2v) is 13.7. The van der Waals surface area contributed by atoms with E-state index in [1.54, 1.807) is 24.3 Å². The molecule has 4 aromatic rings. The van der Waals surface area contributed by atoms with Gasteiger partial charge in [-0.3, -0.25) is 9.52 Å². The van der Waals surface area contributed by atoms with Crippen LogP contribution >= 0.6 is 11.8 Å². The highest BCUT2D eigenvalue weighted by molar-refractivity contribution is 7.99. The number of hydrogen-bond donors (Lipinski definition) is 2. The van der Waals surface area contributed by atoms with Crippen molar-refractivity contribution < 1.29 is 40.3 Å². The Balaban J connectivity index is 1.23. The molecule has 0 bridgehead atoms. The molecule has 0 spiro atoms. The molecular weight excluding hydrogens is 621 g/mol. The van der Waals surface area contributed by atoms with Crippen LogP contribution in [0.5, 0.6) is 11.5 Å². The number of amides is 1. The van der Waals surface area contributed by atoms with Crippen molar-refractivity contribution in [2.45, 2.75) is 15.0 Å². The number of benzene rings is 3.